The highest BCUT2D eigenvalue weighted by atomic mass is 79.9. The Morgan fingerprint density at radius 2 is 0.487 bits per heavy atom. The molecule has 8 nitrogen and oxygen atoms in total. The molecule has 3 heterocycles. The maximum atomic E-state index is 6.19. The van der Waals surface area contributed by atoms with E-state index in [1.807, 2.05) is 79.7 Å². The van der Waals surface area contributed by atoms with Gasteiger partial charge in [-0.05, 0) is 196 Å². The van der Waals surface area contributed by atoms with Crippen LogP contribution >= 0.6 is 15.9 Å². The average molecular weight is 1100 g/mol. The summed E-state index contributed by atoms with van der Waals surface area (Å²) in [6.45, 7) is 24.5. The molecule has 0 atom stereocenters. The van der Waals surface area contributed by atoms with Crippen molar-refractivity contribution in [3.63, 3.8) is 0 Å². The zero-order valence-electron chi connectivity index (χ0n) is 47.2. The van der Waals surface area contributed by atoms with E-state index in [2.05, 4.69) is 248 Å². The van der Waals surface area contributed by atoms with Gasteiger partial charge in [0.15, 0.2) is 0 Å². The molecule has 0 aromatic heterocycles. The molecule has 398 valence electrons. The molecule has 0 N–H and O–H groups in total. The molecule has 3 fully saturated rings. The van der Waals surface area contributed by atoms with Crippen molar-refractivity contribution in [2.24, 2.45) is 0 Å². The highest BCUT2D eigenvalue weighted by Gasteiger charge is 2.63. The fourth-order valence-corrected chi connectivity index (χ4v) is 9.53. The van der Waals surface area contributed by atoms with Crippen LogP contribution in [0.5, 0.6) is 0 Å². The number of benzene rings is 8. The van der Waals surface area contributed by atoms with Crippen LogP contribution in [0, 0.1) is 0 Å². The molecule has 0 aliphatic carbocycles. The number of hydrogen-bond donors (Lipinski definition) is 0. The minimum absolute atomic E-state index is 0.338. The summed E-state index contributed by atoms with van der Waals surface area (Å²) >= 11 is 3.49. The quantitative estimate of drug-likeness (QED) is 0.126. The zero-order chi connectivity index (χ0) is 55.5. The predicted molar refractivity (Wildman–Crippen MR) is 329 cm³/mol. The van der Waals surface area contributed by atoms with Crippen molar-refractivity contribution in [2.75, 3.05) is 9.80 Å². The normalized spacial score (nSPS) is 18.0. The van der Waals surface area contributed by atoms with Crippen LogP contribution < -0.4 is 15.3 Å². The molecule has 0 unspecified atom stereocenters. The van der Waals surface area contributed by atoms with Gasteiger partial charge in [-0.25, -0.2) is 0 Å². The monoisotopic (exact) mass is 1100 g/mol. The number of anilines is 6. The fourth-order valence-electron chi connectivity index (χ4n) is 9.26. The molecule has 0 saturated carbocycles. The summed E-state index contributed by atoms with van der Waals surface area (Å²) in [6.07, 6.45) is 0. The number of hydrogen-bond acceptors (Lipinski definition) is 8. The Labute approximate surface area is 473 Å². The molecule has 78 heavy (non-hydrogen) atoms. The molecule has 3 aliphatic rings. The highest BCUT2D eigenvalue weighted by molar-refractivity contribution is 9.10. The predicted octanol–water partition coefficient (Wildman–Crippen LogP) is 17.0. The smallest absolute Gasteiger partial charge is 0.405 e. The largest absolute Gasteiger partial charge is 0.494 e. The van der Waals surface area contributed by atoms with Crippen molar-refractivity contribution in [2.45, 2.75) is 117 Å². The van der Waals surface area contributed by atoms with Gasteiger partial charge < -0.3 is 37.7 Å². The minimum Gasteiger partial charge on any atom is -0.405 e. The Morgan fingerprint density at radius 1 is 0.269 bits per heavy atom. The van der Waals surface area contributed by atoms with E-state index in [0.717, 1.165) is 49.6 Å². The van der Waals surface area contributed by atoms with E-state index in [1.54, 1.807) is 0 Å². The van der Waals surface area contributed by atoms with E-state index in [9.17, 15) is 0 Å². The first-order valence-electron chi connectivity index (χ1n) is 27.0. The lowest BCUT2D eigenvalue weighted by molar-refractivity contribution is 0.00578. The molecule has 3 aliphatic heterocycles. The molecule has 11 rings (SSSR count). The second-order valence-electron chi connectivity index (χ2n) is 23.1. The molecule has 0 bridgehead atoms. The number of halogens is 1. The van der Waals surface area contributed by atoms with Crippen LogP contribution in [-0.4, -0.2) is 54.7 Å². The van der Waals surface area contributed by atoms with Gasteiger partial charge in [0, 0.05) is 38.6 Å². The lowest BCUT2D eigenvalue weighted by atomic mass is 9.49. The molecule has 0 spiro atoms. The Bertz CT molecular complexity index is 3040. The maximum absolute atomic E-state index is 6.19. The summed E-state index contributed by atoms with van der Waals surface area (Å²) in [6, 6.07) is 76.1. The first kappa shape index (κ1) is 56.5. The third-order valence-electron chi connectivity index (χ3n) is 16.0. The standard InChI is InChI=1S/C30H30BNO2.C24H18BrN.C12H24B2O4/c1-29(2)30(3,4)34-31(33-29)25-19-15-23(16-20-25)24-17-21-28(22-18-24)32(26-11-7-5-8-12-26)27-13-9-6-10-14-27;25-21-15-11-19(12-16-21)20-13-17-24(18-14-20)26(22-7-3-1-4-8-22)23-9-5-2-6-10-23;1-9(2)10(3,4)16-13(15-9)14-17-11(5,6)12(7,8)18-14/h5-22H,1-4H3;1-18H;1-8H3. The lowest BCUT2D eigenvalue weighted by Crippen LogP contribution is -2.41. The average Bonchev–Trinajstić information content (AvgIpc) is 3.94. The molecular formula is C66H72B3BrN2O6. The third-order valence-corrected chi connectivity index (χ3v) is 16.5. The molecule has 0 amide bonds. The molecule has 12 heteroatoms. The van der Waals surface area contributed by atoms with Crippen molar-refractivity contribution in [1.29, 1.82) is 0 Å². The van der Waals surface area contributed by atoms with Crippen molar-refractivity contribution >= 4 is 76.7 Å². The van der Waals surface area contributed by atoms with Gasteiger partial charge in [-0.15, -0.1) is 0 Å². The summed E-state index contributed by atoms with van der Waals surface area (Å²) in [7, 11) is -1.29. The molecular weight excluding hydrogens is 1030 g/mol. The van der Waals surface area contributed by atoms with E-state index >= 15 is 0 Å². The Kier molecular flexibility index (Phi) is 16.6. The molecule has 8 aromatic carbocycles. The summed E-state index contributed by atoms with van der Waals surface area (Å²) in [5.41, 5.74) is 10.5. The first-order chi connectivity index (χ1) is 37.0. The second kappa shape index (κ2) is 22.9. The maximum Gasteiger partial charge on any atom is 0.494 e. The first-order valence-corrected chi connectivity index (χ1v) is 27.8. The number of para-hydroxylation sites is 4. The number of nitrogens with zero attached hydrogens (tertiary/aromatic N) is 2. The van der Waals surface area contributed by atoms with Crippen molar-refractivity contribution in [1.82, 2.24) is 0 Å². The van der Waals surface area contributed by atoms with Gasteiger partial charge in [-0.3, -0.25) is 0 Å². The fraction of sp³-hybridized carbons (Fsp3) is 0.273. The van der Waals surface area contributed by atoms with Gasteiger partial charge >= 0.3 is 21.1 Å². The summed E-state index contributed by atoms with van der Waals surface area (Å²) in [5, 5.41) is 0. The number of rotatable bonds is 10. The van der Waals surface area contributed by atoms with Crippen LogP contribution in [0.4, 0.5) is 34.1 Å². The van der Waals surface area contributed by atoms with E-state index in [1.165, 1.54) is 16.7 Å². The SMILES string of the molecule is Brc1ccc(-c2ccc(N(c3ccccc3)c3ccccc3)cc2)cc1.CC1(C)OB(B2OC(C)(C)C(C)(C)O2)OC1(C)C.CC1(C)OB(c2ccc(-c3ccc(N(c4ccccc4)c4ccccc4)cc3)cc2)OC1(C)C. The molecule has 3 saturated heterocycles. The van der Waals surface area contributed by atoms with Gasteiger partial charge in [-0.1, -0.05) is 149 Å². The van der Waals surface area contributed by atoms with Crippen molar-refractivity contribution in [3.05, 3.63) is 223 Å². The topological polar surface area (TPSA) is 61.9 Å². The van der Waals surface area contributed by atoms with Crippen LogP contribution in [0.1, 0.15) is 83.1 Å². The Morgan fingerprint density at radius 3 is 0.756 bits per heavy atom. The summed E-state index contributed by atoms with van der Waals surface area (Å²) in [4.78, 5) is 4.54. The van der Waals surface area contributed by atoms with Crippen molar-refractivity contribution in [3.8, 4) is 22.3 Å². The third kappa shape index (κ3) is 12.5. The van der Waals surface area contributed by atoms with Gasteiger partial charge in [0.05, 0.1) is 33.6 Å². The molecule has 0 radical (unpaired) electrons. The molecule has 8 aromatic rings. The minimum atomic E-state index is -0.476. The summed E-state index contributed by atoms with van der Waals surface area (Å²) < 4.78 is 37.3. The van der Waals surface area contributed by atoms with E-state index in [4.69, 9.17) is 27.9 Å². The summed E-state index contributed by atoms with van der Waals surface area (Å²) in [5.74, 6) is 0. The second-order valence-corrected chi connectivity index (χ2v) is 24.0. The Hall–Kier alpha value is -6.21. The van der Waals surface area contributed by atoms with E-state index < -0.39 is 14.0 Å². The van der Waals surface area contributed by atoms with Gasteiger partial charge in [0.2, 0.25) is 0 Å². The van der Waals surface area contributed by atoms with E-state index in [0.29, 0.717) is 0 Å². The van der Waals surface area contributed by atoms with Gasteiger partial charge in [0.25, 0.3) is 0 Å². The van der Waals surface area contributed by atoms with Crippen LogP contribution in [0.15, 0.2) is 223 Å². The van der Waals surface area contributed by atoms with E-state index in [-0.39, 0.29) is 40.7 Å². The van der Waals surface area contributed by atoms with Crippen LogP contribution in [0.2, 0.25) is 0 Å². The highest BCUT2D eigenvalue weighted by Crippen LogP contribution is 2.44. The van der Waals surface area contributed by atoms with Crippen LogP contribution in [0.25, 0.3) is 22.3 Å². The Balaban J connectivity index is 0.000000149. The van der Waals surface area contributed by atoms with Crippen LogP contribution in [-0.2, 0) is 27.9 Å². The van der Waals surface area contributed by atoms with Gasteiger partial charge in [0.1, 0.15) is 0 Å². The van der Waals surface area contributed by atoms with Crippen LogP contribution in [0.3, 0.4) is 0 Å². The lowest BCUT2D eigenvalue weighted by Gasteiger charge is -2.32. The van der Waals surface area contributed by atoms with Crippen molar-refractivity contribution < 1.29 is 27.9 Å². The van der Waals surface area contributed by atoms with Gasteiger partial charge in [-0.2, -0.15) is 0 Å². The zero-order valence-corrected chi connectivity index (χ0v) is 48.8.